The molecule has 2 saturated heterocycles. The number of carboxylic acids is 1. The monoisotopic (exact) mass is 296 g/mol. The van der Waals surface area contributed by atoms with E-state index in [1.165, 1.54) is 0 Å². The summed E-state index contributed by atoms with van der Waals surface area (Å²) in [6.45, 7) is 8.20. The number of hydrogen-bond acceptors (Lipinski definition) is 2. The van der Waals surface area contributed by atoms with Gasteiger partial charge in [-0.3, -0.25) is 4.79 Å². The maximum Gasteiger partial charge on any atom is 0.320 e. The first kappa shape index (κ1) is 16.1. The molecular weight excluding hydrogens is 268 g/mol. The normalized spacial score (nSPS) is 24.1. The lowest BCUT2D eigenvalue weighted by Gasteiger charge is -2.42. The molecule has 21 heavy (non-hydrogen) atoms. The van der Waals surface area contributed by atoms with E-state index in [1.54, 1.807) is 0 Å². The Morgan fingerprint density at radius 1 is 1.10 bits per heavy atom. The van der Waals surface area contributed by atoms with Crippen LogP contribution in [0.2, 0.25) is 0 Å². The van der Waals surface area contributed by atoms with E-state index in [1.807, 2.05) is 16.7 Å². The van der Waals surface area contributed by atoms with Gasteiger partial charge in [0.2, 0.25) is 0 Å². The van der Waals surface area contributed by atoms with E-state index in [0.29, 0.717) is 32.4 Å². The predicted octanol–water partition coefficient (Wildman–Crippen LogP) is 2.95. The lowest BCUT2D eigenvalue weighted by atomic mass is 9.75. The molecule has 2 heterocycles. The van der Waals surface area contributed by atoms with Crippen LogP contribution >= 0.6 is 0 Å². The number of urea groups is 1. The van der Waals surface area contributed by atoms with E-state index >= 15 is 0 Å². The molecule has 120 valence electrons. The Labute approximate surface area is 127 Å². The van der Waals surface area contributed by atoms with Crippen LogP contribution in [0.15, 0.2) is 0 Å². The van der Waals surface area contributed by atoms with E-state index in [2.05, 4.69) is 13.8 Å². The Morgan fingerprint density at radius 3 is 2.14 bits per heavy atom. The summed E-state index contributed by atoms with van der Waals surface area (Å²) >= 11 is 0. The molecular formula is C16H28N2O3. The van der Waals surface area contributed by atoms with Crippen molar-refractivity contribution in [2.45, 2.75) is 64.8 Å². The van der Waals surface area contributed by atoms with E-state index in [0.717, 1.165) is 25.8 Å². The van der Waals surface area contributed by atoms with Crippen molar-refractivity contribution >= 4 is 12.0 Å². The van der Waals surface area contributed by atoms with Crippen LogP contribution in [0.3, 0.4) is 0 Å². The number of carbonyl (C=O) groups is 2. The minimum Gasteiger partial charge on any atom is -0.481 e. The van der Waals surface area contributed by atoms with Crippen molar-refractivity contribution < 1.29 is 14.7 Å². The molecule has 0 atom stereocenters. The van der Waals surface area contributed by atoms with Crippen LogP contribution in [0, 0.1) is 5.41 Å². The topological polar surface area (TPSA) is 60.9 Å². The highest BCUT2D eigenvalue weighted by molar-refractivity contribution is 5.78. The average molecular weight is 296 g/mol. The van der Waals surface area contributed by atoms with Gasteiger partial charge >= 0.3 is 12.0 Å². The molecule has 0 unspecified atom stereocenters. The third kappa shape index (κ3) is 3.01. The van der Waals surface area contributed by atoms with Crippen LogP contribution in [-0.4, -0.2) is 52.1 Å². The van der Waals surface area contributed by atoms with Crippen molar-refractivity contribution in [2.75, 3.05) is 19.6 Å². The number of amides is 2. The highest BCUT2D eigenvalue weighted by Crippen LogP contribution is 2.38. The number of carbonyl (C=O) groups excluding carboxylic acids is 1. The molecule has 0 aromatic rings. The third-order valence-electron chi connectivity index (χ3n) is 5.31. The first-order chi connectivity index (χ1) is 9.82. The Kier molecular flexibility index (Phi) is 4.49. The van der Waals surface area contributed by atoms with Gasteiger partial charge < -0.3 is 14.9 Å². The lowest BCUT2D eigenvalue weighted by molar-refractivity contribution is -0.152. The summed E-state index contributed by atoms with van der Waals surface area (Å²) in [6, 6.07) is 0.0907. The quantitative estimate of drug-likeness (QED) is 0.871. The summed E-state index contributed by atoms with van der Waals surface area (Å²) in [5, 5.41) is 9.53. The van der Waals surface area contributed by atoms with Crippen molar-refractivity contribution in [3.8, 4) is 0 Å². The van der Waals surface area contributed by atoms with Gasteiger partial charge in [0.05, 0.1) is 5.41 Å². The van der Waals surface area contributed by atoms with Crippen molar-refractivity contribution in [1.82, 2.24) is 9.80 Å². The fraction of sp³-hybridized carbons (Fsp3) is 0.875. The van der Waals surface area contributed by atoms with Crippen molar-refractivity contribution in [3.63, 3.8) is 0 Å². The first-order valence-electron chi connectivity index (χ1n) is 8.12. The zero-order valence-electron chi connectivity index (χ0n) is 13.5. The first-order valence-corrected chi connectivity index (χ1v) is 8.12. The second-order valence-electron chi connectivity index (χ2n) is 7.17. The molecule has 0 saturated carbocycles. The second kappa shape index (κ2) is 5.85. The van der Waals surface area contributed by atoms with Crippen molar-refractivity contribution in [3.05, 3.63) is 0 Å². The number of aliphatic carboxylic acids is 1. The van der Waals surface area contributed by atoms with Gasteiger partial charge in [0.25, 0.3) is 0 Å². The predicted molar refractivity (Wildman–Crippen MR) is 81.2 cm³/mol. The van der Waals surface area contributed by atoms with Gasteiger partial charge in [-0.25, -0.2) is 4.79 Å². The summed E-state index contributed by atoms with van der Waals surface area (Å²) in [5.41, 5.74) is -0.687. The van der Waals surface area contributed by atoms with E-state index < -0.39 is 11.4 Å². The average Bonchev–Trinajstić information content (AvgIpc) is 2.78. The molecule has 0 radical (unpaired) electrons. The largest absolute Gasteiger partial charge is 0.481 e. The molecule has 0 bridgehead atoms. The number of nitrogens with zero attached hydrogens (tertiary/aromatic N) is 2. The second-order valence-corrected chi connectivity index (χ2v) is 7.17. The van der Waals surface area contributed by atoms with Gasteiger partial charge in [-0.1, -0.05) is 13.3 Å². The summed E-state index contributed by atoms with van der Waals surface area (Å²) in [7, 11) is 0. The van der Waals surface area contributed by atoms with Gasteiger partial charge in [-0.15, -0.1) is 0 Å². The Bertz CT molecular complexity index is 412. The van der Waals surface area contributed by atoms with Gasteiger partial charge in [0.1, 0.15) is 0 Å². The summed E-state index contributed by atoms with van der Waals surface area (Å²) in [4.78, 5) is 28.1. The zero-order chi connectivity index (χ0) is 15.7. The summed E-state index contributed by atoms with van der Waals surface area (Å²) in [5.74, 6) is -0.696. The van der Waals surface area contributed by atoms with Crippen LogP contribution in [0.4, 0.5) is 4.79 Å². The molecule has 2 aliphatic heterocycles. The smallest absolute Gasteiger partial charge is 0.320 e. The molecule has 5 heteroatoms. The van der Waals surface area contributed by atoms with Crippen molar-refractivity contribution in [2.24, 2.45) is 5.41 Å². The minimum absolute atomic E-state index is 0.0676. The lowest BCUT2D eigenvalue weighted by Crippen LogP contribution is -2.54. The fourth-order valence-corrected chi connectivity index (χ4v) is 3.81. The molecule has 2 rings (SSSR count). The highest BCUT2D eigenvalue weighted by Gasteiger charge is 2.44. The standard InChI is InChI=1S/C16H28N2O3/c1-4-6-16(13(19)20)8-11-17(12-9-16)14(21)18-10-5-7-15(18,2)3/h4-12H2,1-3H3,(H,19,20). The van der Waals surface area contributed by atoms with Crippen LogP contribution in [0.25, 0.3) is 0 Å². The van der Waals surface area contributed by atoms with Gasteiger partial charge in [0.15, 0.2) is 0 Å². The highest BCUT2D eigenvalue weighted by atomic mass is 16.4. The van der Waals surface area contributed by atoms with Crippen molar-refractivity contribution in [1.29, 1.82) is 0 Å². The van der Waals surface area contributed by atoms with Crippen LogP contribution < -0.4 is 0 Å². The van der Waals surface area contributed by atoms with Gasteiger partial charge in [0, 0.05) is 25.2 Å². The molecule has 0 spiro atoms. The van der Waals surface area contributed by atoms with Gasteiger partial charge in [-0.05, 0) is 46.0 Å². The molecule has 2 aliphatic rings. The SMILES string of the molecule is CCCC1(C(=O)O)CCN(C(=O)N2CCCC2(C)C)CC1. The van der Waals surface area contributed by atoms with Gasteiger partial charge in [-0.2, -0.15) is 0 Å². The Morgan fingerprint density at radius 2 is 1.71 bits per heavy atom. The van der Waals surface area contributed by atoms with Crippen LogP contribution in [0.1, 0.15) is 59.3 Å². The zero-order valence-corrected chi connectivity index (χ0v) is 13.5. The maximum absolute atomic E-state index is 12.7. The molecule has 1 N–H and O–H groups in total. The fourth-order valence-electron chi connectivity index (χ4n) is 3.81. The summed E-state index contributed by atoms with van der Waals surface area (Å²) in [6.07, 6.45) is 4.84. The Hall–Kier alpha value is -1.26. The molecule has 0 aromatic heterocycles. The maximum atomic E-state index is 12.7. The number of rotatable bonds is 3. The molecule has 0 aromatic carbocycles. The minimum atomic E-state index is -0.696. The van der Waals surface area contributed by atoms with E-state index in [4.69, 9.17) is 0 Å². The van der Waals surface area contributed by atoms with Crippen LogP contribution in [-0.2, 0) is 4.79 Å². The van der Waals surface area contributed by atoms with E-state index in [9.17, 15) is 14.7 Å². The van der Waals surface area contributed by atoms with Crippen LogP contribution in [0.5, 0.6) is 0 Å². The number of likely N-dealkylation sites (tertiary alicyclic amines) is 2. The molecule has 5 nitrogen and oxygen atoms in total. The van der Waals surface area contributed by atoms with E-state index in [-0.39, 0.29) is 11.6 Å². The molecule has 2 fully saturated rings. The summed E-state index contributed by atoms with van der Waals surface area (Å²) < 4.78 is 0. The third-order valence-corrected chi connectivity index (χ3v) is 5.31. The Balaban J connectivity index is 2.00. The number of carboxylic acid groups (broad SMARTS) is 1. The number of piperidine rings is 1. The number of hydrogen-bond donors (Lipinski definition) is 1. The molecule has 0 aliphatic carbocycles. The molecule has 2 amide bonds.